The van der Waals surface area contributed by atoms with Crippen LogP contribution in [0.4, 0.5) is 20.4 Å². The highest BCUT2D eigenvalue weighted by Crippen LogP contribution is 2.39. The minimum absolute atomic E-state index is 0.133. The van der Waals surface area contributed by atoms with E-state index in [1.165, 1.54) is 12.1 Å². The number of aliphatic hydroxyl groups excluding tert-OH is 1. The number of rotatable bonds is 6. The summed E-state index contributed by atoms with van der Waals surface area (Å²) in [4.78, 5) is 11.1. The molecule has 0 unspecified atom stereocenters. The third kappa shape index (κ3) is 5.46. The first kappa shape index (κ1) is 27.8. The average molecular weight is 600 g/mol. The summed E-state index contributed by atoms with van der Waals surface area (Å²) >= 11 is 6.13. The number of piperidine rings is 1. The van der Waals surface area contributed by atoms with Crippen LogP contribution in [0, 0.1) is 11.6 Å². The summed E-state index contributed by atoms with van der Waals surface area (Å²) in [7, 11) is -2.22. The quantitative estimate of drug-likeness (QED) is 0.268. The van der Waals surface area contributed by atoms with E-state index in [4.69, 9.17) is 11.6 Å². The normalized spacial score (nSPS) is 18.0. The SMILES string of the molecule is CN1CCC(Nc2ncc3cc(-c4c(F)ccc(NS(=O)(=O)c5cc(Cl)cc6c5CC[C@H]6O)c4F)ccc3n2)CC1. The van der Waals surface area contributed by atoms with Crippen molar-refractivity contribution in [1.82, 2.24) is 14.9 Å². The third-order valence-electron chi connectivity index (χ3n) is 7.78. The van der Waals surface area contributed by atoms with Gasteiger partial charge in [-0.1, -0.05) is 17.7 Å². The van der Waals surface area contributed by atoms with Crippen molar-refractivity contribution < 1.29 is 22.3 Å². The van der Waals surface area contributed by atoms with Crippen LogP contribution in [-0.2, 0) is 16.4 Å². The van der Waals surface area contributed by atoms with Crippen molar-refractivity contribution in [3.8, 4) is 11.1 Å². The Morgan fingerprint density at radius 3 is 2.63 bits per heavy atom. The lowest BCUT2D eigenvalue weighted by Gasteiger charge is -2.29. The summed E-state index contributed by atoms with van der Waals surface area (Å²) < 4.78 is 59.7. The van der Waals surface area contributed by atoms with Crippen LogP contribution in [0.5, 0.6) is 0 Å². The highest BCUT2D eigenvalue weighted by atomic mass is 35.5. The smallest absolute Gasteiger partial charge is 0.262 e. The van der Waals surface area contributed by atoms with Crippen molar-refractivity contribution in [2.75, 3.05) is 30.2 Å². The van der Waals surface area contributed by atoms with Gasteiger partial charge in [0.05, 0.1) is 27.8 Å². The van der Waals surface area contributed by atoms with E-state index in [2.05, 4.69) is 32.0 Å². The fourth-order valence-corrected chi connectivity index (χ4v) is 7.24. The summed E-state index contributed by atoms with van der Waals surface area (Å²) in [6, 6.07) is 9.88. The Morgan fingerprint density at radius 1 is 1.07 bits per heavy atom. The first-order chi connectivity index (χ1) is 19.6. The second-order valence-electron chi connectivity index (χ2n) is 10.6. The minimum atomic E-state index is -4.31. The molecule has 3 N–H and O–H groups in total. The molecule has 1 fully saturated rings. The van der Waals surface area contributed by atoms with Crippen molar-refractivity contribution >= 4 is 44.2 Å². The molecular weight excluding hydrogens is 572 g/mol. The molecule has 214 valence electrons. The van der Waals surface area contributed by atoms with E-state index in [1.807, 2.05) is 0 Å². The van der Waals surface area contributed by atoms with Gasteiger partial charge in [-0.15, -0.1) is 0 Å². The second kappa shape index (κ2) is 10.8. The van der Waals surface area contributed by atoms with Gasteiger partial charge in [0.25, 0.3) is 10.0 Å². The molecule has 1 aromatic heterocycles. The molecule has 0 spiro atoms. The zero-order valence-electron chi connectivity index (χ0n) is 22.2. The number of aromatic nitrogens is 2. The van der Waals surface area contributed by atoms with Crippen LogP contribution in [0.15, 0.2) is 53.6 Å². The number of anilines is 2. The highest BCUT2D eigenvalue weighted by Gasteiger charge is 2.30. The van der Waals surface area contributed by atoms with E-state index >= 15 is 4.39 Å². The number of nitrogens with zero attached hydrogens (tertiary/aromatic N) is 3. The summed E-state index contributed by atoms with van der Waals surface area (Å²) in [6.07, 6.45) is 3.42. The molecule has 2 aliphatic rings. The van der Waals surface area contributed by atoms with Crippen molar-refractivity contribution in [2.24, 2.45) is 0 Å². The molecule has 1 aliphatic carbocycles. The van der Waals surface area contributed by atoms with Crippen molar-refractivity contribution in [3.63, 3.8) is 0 Å². The van der Waals surface area contributed by atoms with Gasteiger partial charge in [0.1, 0.15) is 5.82 Å². The molecule has 1 aliphatic heterocycles. The van der Waals surface area contributed by atoms with E-state index in [1.54, 1.807) is 24.4 Å². The number of halogens is 3. The zero-order valence-corrected chi connectivity index (χ0v) is 23.7. The highest BCUT2D eigenvalue weighted by molar-refractivity contribution is 7.92. The molecule has 0 radical (unpaired) electrons. The van der Waals surface area contributed by atoms with E-state index in [-0.39, 0.29) is 27.1 Å². The molecule has 6 rings (SSSR count). The van der Waals surface area contributed by atoms with Crippen LogP contribution in [0.25, 0.3) is 22.0 Å². The van der Waals surface area contributed by atoms with E-state index in [0.29, 0.717) is 40.8 Å². The molecule has 2 heterocycles. The summed E-state index contributed by atoms with van der Waals surface area (Å²) in [6.45, 7) is 1.98. The largest absolute Gasteiger partial charge is 0.388 e. The first-order valence-corrected chi connectivity index (χ1v) is 15.2. The molecule has 3 aromatic carbocycles. The van der Waals surface area contributed by atoms with Gasteiger partial charge in [-0.05, 0) is 98.9 Å². The van der Waals surface area contributed by atoms with Crippen LogP contribution in [-0.4, -0.2) is 54.6 Å². The van der Waals surface area contributed by atoms with E-state index in [0.717, 1.165) is 38.1 Å². The van der Waals surface area contributed by atoms with Gasteiger partial charge in [0, 0.05) is 22.6 Å². The van der Waals surface area contributed by atoms with Gasteiger partial charge in [-0.3, -0.25) is 4.72 Å². The zero-order chi connectivity index (χ0) is 28.9. The summed E-state index contributed by atoms with van der Waals surface area (Å²) in [5.74, 6) is -1.42. The Morgan fingerprint density at radius 2 is 1.85 bits per heavy atom. The number of hydrogen-bond acceptors (Lipinski definition) is 7. The Labute approximate surface area is 241 Å². The first-order valence-electron chi connectivity index (χ1n) is 13.3. The Kier molecular flexibility index (Phi) is 7.31. The number of fused-ring (bicyclic) bond motifs is 2. The molecule has 4 aromatic rings. The molecule has 0 amide bonds. The van der Waals surface area contributed by atoms with Crippen molar-refractivity contribution in [1.29, 1.82) is 0 Å². The van der Waals surface area contributed by atoms with Crippen molar-refractivity contribution in [2.45, 2.75) is 42.7 Å². The summed E-state index contributed by atoms with van der Waals surface area (Å²) in [5.41, 5.74) is 0.876. The fraction of sp³-hybridized carbons (Fsp3) is 0.310. The van der Waals surface area contributed by atoms with Crippen LogP contribution in [0.2, 0.25) is 5.02 Å². The Bertz CT molecular complexity index is 1760. The standard InChI is InChI=1S/C29H28ClF2N5O3S/c1-37-10-8-19(9-11-37)34-29-33-15-17-12-16(2-5-23(17)35-29)27-22(31)4-6-24(28(27)32)36-41(39,40)26-14-18(30)13-21-20(26)3-7-25(21)38/h2,4-6,12-15,19,25,36,38H,3,7-11H2,1H3,(H,33,34,35)/t25-/m1/s1. The molecule has 1 atom stereocenters. The van der Waals surface area contributed by atoms with Gasteiger partial charge in [0.2, 0.25) is 5.95 Å². The molecular formula is C29H28ClF2N5O3S. The van der Waals surface area contributed by atoms with E-state index < -0.39 is 33.4 Å². The van der Waals surface area contributed by atoms with E-state index in [9.17, 15) is 17.9 Å². The van der Waals surface area contributed by atoms with Crippen LogP contribution in [0.3, 0.4) is 0 Å². The number of aliphatic hydroxyl groups is 1. The predicted molar refractivity (Wildman–Crippen MR) is 155 cm³/mol. The summed E-state index contributed by atoms with van der Waals surface area (Å²) in [5, 5.41) is 14.3. The van der Waals surface area contributed by atoms with Gasteiger partial charge in [-0.2, -0.15) is 0 Å². The van der Waals surface area contributed by atoms with Crippen LogP contribution < -0.4 is 10.0 Å². The average Bonchev–Trinajstić information content (AvgIpc) is 3.31. The fourth-order valence-electron chi connectivity index (χ4n) is 5.56. The molecule has 12 heteroatoms. The maximum Gasteiger partial charge on any atom is 0.262 e. The minimum Gasteiger partial charge on any atom is -0.388 e. The van der Waals surface area contributed by atoms with Crippen molar-refractivity contribution in [3.05, 3.63) is 76.4 Å². The number of sulfonamides is 1. The molecule has 1 saturated heterocycles. The number of benzene rings is 3. The number of likely N-dealkylation sites (tertiary alicyclic amines) is 1. The monoisotopic (exact) mass is 599 g/mol. The Hall–Kier alpha value is -3.38. The van der Waals surface area contributed by atoms with Gasteiger partial charge in [-0.25, -0.2) is 27.2 Å². The van der Waals surface area contributed by atoms with Gasteiger partial charge >= 0.3 is 0 Å². The number of nitrogens with one attached hydrogen (secondary N) is 2. The molecule has 0 saturated carbocycles. The topological polar surface area (TPSA) is 107 Å². The number of hydrogen-bond donors (Lipinski definition) is 3. The Balaban J connectivity index is 1.29. The van der Waals surface area contributed by atoms with Crippen LogP contribution in [0.1, 0.15) is 36.5 Å². The molecule has 8 nitrogen and oxygen atoms in total. The third-order valence-corrected chi connectivity index (χ3v) is 9.43. The maximum atomic E-state index is 15.8. The van der Waals surface area contributed by atoms with Crippen LogP contribution >= 0.6 is 11.6 Å². The van der Waals surface area contributed by atoms with Gasteiger partial charge in [0.15, 0.2) is 5.82 Å². The predicted octanol–water partition coefficient (Wildman–Crippen LogP) is 5.51. The molecule has 0 bridgehead atoms. The lowest BCUT2D eigenvalue weighted by molar-refractivity contribution is 0.180. The molecule has 41 heavy (non-hydrogen) atoms. The lowest BCUT2D eigenvalue weighted by Crippen LogP contribution is -2.37. The van der Waals surface area contributed by atoms with Gasteiger partial charge < -0.3 is 15.3 Å². The lowest BCUT2D eigenvalue weighted by atomic mass is 10.0. The maximum absolute atomic E-state index is 15.8. The second-order valence-corrected chi connectivity index (χ2v) is 12.7.